The van der Waals surface area contributed by atoms with Crippen molar-refractivity contribution in [3.8, 4) is 6.01 Å². The molecule has 0 fully saturated rings. The third kappa shape index (κ3) is 8.58. The van der Waals surface area contributed by atoms with Crippen molar-refractivity contribution in [3.63, 3.8) is 0 Å². The molecule has 0 bridgehead atoms. The van der Waals surface area contributed by atoms with E-state index in [4.69, 9.17) is 19.9 Å². The van der Waals surface area contributed by atoms with Gasteiger partial charge in [0.2, 0.25) is 11.9 Å². The van der Waals surface area contributed by atoms with E-state index >= 15 is 0 Å². The number of anilines is 2. The maximum absolute atomic E-state index is 5.45. The Morgan fingerprint density at radius 2 is 1.67 bits per heavy atom. The fourth-order valence-electron chi connectivity index (χ4n) is 2.09. The van der Waals surface area contributed by atoms with E-state index in [2.05, 4.69) is 30.6 Å². The van der Waals surface area contributed by atoms with Gasteiger partial charge in [0.1, 0.15) is 0 Å². The Labute approximate surface area is 158 Å². The van der Waals surface area contributed by atoms with Crippen LogP contribution in [0, 0.1) is 0 Å². The fraction of sp³-hybridized carbons (Fsp3) is 0.529. The fourth-order valence-corrected chi connectivity index (χ4v) is 2.09. The van der Waals surface area contributed by atoms with E-state index in [0.29, 0.717) is 58.0 Å². The average molecular weight is 377 g/mol. The zero-order chi connectivity index (χ0) is 19.2. The lowest BCUT2D eigenvalue weighted by Gasteiger charge is -2.10. The van der Waals surface area contributed by atoms with Gasteiger partial charge in [-0.1, -0.05) is 6.07 Å². The van der Waals surface area contributed by atoms with Crippen molar-refractivity contribution in [2.75, 3.05) is 63.8 Å². The largest absolute Gasteiger partial charge is 0.467 e. The highest BCUT2D eigenvalue weighted by Gasteiger charge is 2.06. The van der Waals surface area contributed by atoms with Crippen molar-refractivity contribution >= 4 is 11.9 Å². The Hall–Kier alpha value is -2.56. The van der Waals surface area contributed by atoms with Crippen molar-refractivity contribution in [1.29, 1.82) is 0 Å². The minimum atomic E-state index is 0.240. The van der Waals surface area contributed by atoms with Gasteiger partial charge in [-0.25, -0.2) is 0 Å². The first-order valence-electron chi connectivity index (χ1n) is 8.85. The number of hydrogen-bond donors (Lipinski definition) is 3. The van der Waals surface area contributed by atoms with Crippen LogP contribution in [0.25, 0.3) is 0 Å². The first-order chi connectivity index (χ1) is 13.3. The van der Waals surface area contributed by atoms with Crippen molar-refractivity contribution in [2.24, 2.45) is 5.73 Å². The van der Waals surface area contributed by atoms with Gasteiger partial charge in [-0.15, -0.1) is 0 Å². The topological polar surface area (TPSA) is 129 Å². The molecule has 0 spiro atoms. The highest BCUT2D eigenvalue weighted by molar-refractivity contribution is 5.35. The molecule has 0 aliphatic carbocycles. The summed E-state index contributed by atoms with van der Waals surface area (Å²) in [6.45, 7) is 3.81. The molecule has 0 aromatic carbocycles. The quantitative estimate of drug-likeness (QED) is 0.396. The van der Waals surface area contributed by atoms with Crippen molar-refractivity contribution in [3.05, 3.63) is 30.1 Å². The monoisotopic (exact) mass is 377 g/mol. The van der Waals surface area contributed by atoms with Crippen LogP contribution in [0.1, 0.15) is 5.69 Å². The van der Waals surface area contributed by atoms with Crippen LogP contribution in [0.4, 0.5) is 11.9 Å². The summed E-state index contributed by atoms with van der Waals surface area (Å²) >= 11 is 0. The molecule has 0 saturated heterocycles. The Kier molecular flexibility index (Phi) is 9.79. The molecule has 27 heavy (non-hydrogen) atoms. The predicted molar refractivity (Wildman–Crippen MR) is 102 cm³/mol. The van der Waals surface area contributed by atoms with Crippen LogP contribution in [0.15, 0.2) is 24.4 Å². The Morgan fingerprint density at radius 3 is 2.33 bits per heavy atom. The first-order valence-corrected chi connectivity index (χ1v) is 8.85. The summed E-state index contributed by atoms with van der Waals surface area (Å²) in [5.74, 6) is 0.863. The maximum atomic E-state index is 5.45. The van der Waals surface area contributed by atoms with Crippen LogP contribution in [-0.2, 0) is 15.9 Å². The summed E-state index contributed by atoms with van der Waals surface area (Å²) in [7, 11) is 1.52. The third-order valence-electron chi connectivity index (χ3n) is 3.35. The van der Waals surface area contributed by atoms with E-state index in [1.165, 1.54) is 7.11 Å². The minimum Gasteiger partial charge on any atom is -0.467 e. The van der Waals surface area contributed by atoms with Gasteiger partial charge in [0.05, 0.1) is 33.5 Å². The lowest BCUT2D eigenvalue weighted by Crippen LogP contribution is -2.17. The number of hydrogen-bond acceptors (Lipinski definition) is 10. The summed E-state index contributed by atoms with van der Waals surface area (Å²) in [5.41, 5.74) is 6.34. The number of rotatable bonds is 14. The highest BCUT2D eigenvalue weighted by atomic mass is 16.5. The van der Waals surface area contributed by atoms with Crippen LogP contribution < -0.4 is 21.1 Å². The molecule has 148 valence electrons. The van der Waals surface area contributed by atoms with Gasteiger partial charge in [-0.3, -0.25) is 4.98 Å². The predicted octanol–water partition coefficient (Wildman–Crippen LogP) is 0.334. The molecule has 2 heterocycles. The van der Waals surface area contributed by atoms with Gasteiger partial charge in [0.25, 0.3) is 0 Å². The van der Waals surface area contributed by atoms with E-state index in [1.54, 1.807) is 6.20 Å². The second kappa shape index (κ2) is 12.7. The molecule has 2 rings (SSSR count). The number of nitrogens with one attached hydrogen (secondary N) is 2. The zero-order valence-electron chi connectivity index (χ0n) is 15.6. The Balaban J connectivity index is 1.73. The summed E-state index contributed by atoms with van der Waals surface area (Å²) in [6.07, 6.45) is 2.54. The van der Waals surface area contributed by atoms with Gasteiger partial charge in [-0.05, 0) is 12.1 Å². The number of methoxy groups -OCH3 is 1. The van der Waals surface area contributed by atoms with Gasteiger partial charge >= 0.3 is 6.01 Å². The number of nitrogens with two attached hydrogens (primary N) is 1. The van der Waals surface area contributed by atoms with Gasteiger partial charge in [0.15, 0.2) is 0 Å². The number of pyridine rings is 1. The SMILES string of the molecule is COc1nc(NCCOCCOCCN)nc(NCCc2ccccn2)n1. The number of aromatic nitrogens is 4. The molecular formula is C17H27N7O3. The number of nitrogens with zero attached hydrogens (tertiary/aromatic N) is 4. The molecule has 0 aliphatic heterocycles. The van der Waals surface area contributed by atoms with E-state index in [9.17, 15) is 0 Å². The minimum absolute atomic E-state index is 0.240. The van der Waals surface area contributed by atoms with Gasteiger partial charge < -0.3 is 30.6 Å². The molecule has 2 aromatic rings. The average Bonchev–Trinajstić information content (AvgIpc) is 2.70. The van der Waals surface area contributed by atoms with Crippen LogP contribution in [0.2, 0.25) is 0 Å². The van der Waals surface area contributed by atoms with Crippen LogP contribution >= 0.6 is 0 Å². The van der Waals surface area contributed by atoms with E-state index in [-0.39, 0.29) is 6.01 Å². The lowest BCUT2D eigenvalue weighted by molar-refractivity contribution is 0.0547. The third-order valence-corrected chi connectivity index (χ3v) is 3.35. The zero-order valence-corrected chi connectivity index (χ0v) is 15.6. The molecule has 0 amide bonds. The second-order valence-corrected chi connectivity index (χ2v) is 5.41. The molecule has 0 atom stereocenters. The summed E-state index contributed by atoms with van der Waals surface area (Å²) in [5, 5.41) is 6.25. The molecule has 4 N–H and O–H groups in total. The Bertz CT molecular complexity index is 646. The molecule has 2 aromatic heterocycles. The van der Waals surface area contributed by atoms with Crippen LogP contribution in [-0.4, -0.2) is 73.1 Å². The smallest absolute Gasteiger partial charge is 0.322 e. The molecule has 0 saturated carbocycles. The van der Waals surface area contributed by atoms with Crippen LogP contribution in [0.3, 0.4) is 0 Å². The van der Waals surface area contributed by atoms with Gasteiger partial charge in [0, 0.05) is 37.9 Å². The summed E-state index contributed by atoms with van der Waals surface area (Å²) < 4.78 is 15.8. The lowest BCUT2D eigenvalue weighted by atomic mass is 10.3. The molecule has 0 aliphatic rings. The Morgan fingerprint density at radius 1 is 0.926 bits per heavy atom. The molecule has 10 nitrogen and oxygen atoms in total. The normalized spacial score (nSPS) is 10.6. The van der Waals surface area contributed by atoms with Crippen molar-refractivity contribution < 1.29 is 14.2 Å². The maximum Gasteiger partial charge on any atom is 0.322 e. The molecule has 0 unspecified atom stereocenters. The molecular weight excluding hydrogens is 350 g/mol. The molecule has 10 heteroatoms. The van der Waals surface area contributed by atoms with E-state index in [0.717, 1.165) is 12.1 Å². The van der Waals surface area contributed by atoms with Crippen LogP contribution in [0.5, 0.6) is 6.01 Å². The second-order valence-electron chi connectivity index (χ2n) is 5.41. The summed E-state index contributed by atoms with van der Waals surface area (Å²) in [6, 6.07) is 6.07. The van der Waals surface area contributed by atoms with E-state index in [1.807, 2.05) is 18.2 Å². The van der Waals surface area contributed by atoms with Crippen molar-refractivity contribution in [1.82, 2.24) is 19.9 Å². The highest BCUT2D eigenvalue weighted by Crippen LogP contribution is 2.10. The number of ether oxygens (including phenoxy) is 3. The van der Waals surface area contributed by atoms with Crippen molar-refractivity contribution in [2.45, 2.75) is 6.42 Å². The summed E-state index contributed by atoms with van der Waals surface area (Å²) in [4.78, 5) is 17.0. The van der Waals surface area contributed by atoms with E-state index < -0.39 is 0 Å². The standard InChI is InChI=1S/C17H27N7O3/c1-25-17-23-15(20-8-5-14-4-2-3-7-19-14)22-16(24-17)21-9-11-27-13-12-26-10-6-18/h2-4,7H,5-6,8-13,18H2,1H3,(H2,20,21,22,23,24). The first kappa shape index (κ1) is 20.7. The molecule has 0 radical (unpaired) electrons. The van der Waals surface area contributed by atoms with Gasteiger partial charge in [-0.2, -0.15) is 15.0 Å².